The normalized spacial score (nSPS) is 14.9. The van der Waals surface area contributed by atoms with Crippen LogP contribution in [-0.2, 0) is 16.2 Å². The Morgan fingerprint density at radius 2 is 0.493 bits per heavy atom. The van der Waals surface area contributed by atoms with Crippen molar-refractivity contribution in [2.45, 2.75) is 135 Å². The molecule has 0 saturated heterocycles. The zero-order valence-corrected chi connectivity index (χ0v) is 42.5. The smallest absolute Gasteiger partial charge is 0.0215 e. The van der Waals surface area contributed by atoms with Crippen LogP contribution in [0.2, 0.25) is 0 Å². The van der Waals surface area contributed by atoms with Crippen LogP contribution in [0, 0.1) is 0 Å². The average molecular weight is 901 g/mol. The molecule has 0 aliphatic heterocycles. The number of hydrogen-bond donors (Lipinski definition) is 0. The van der Waals surface area contributed by atoms with Crippen LogP contribution in [0.25, 0.3) is 85.0 Å². The molecule has 0 amide bonds. The van der Waals surface area contributed by atoms with Gasteiger partial charge in [-0.1, -0.05) is 209 Å². The summed E-state index contributed by atoms with van der Waals surface area (Å²) in [4.78, 5) is 0. The molecular formula is C69H72. The molecule has 10 rings (SSSR count). The summed E-state index contributed by atoms with van der Waals surface area (Å²) in [5.41, 5.74) is 28.5. The Labute approximate surface area is 415 Å². The third-order valence-electron chi connectivity index (χ3n) is 16.9. The van der Waals surface area contributed by atoms with Crippen molar-refractivity contribution < 1.29 is 0 Å². The lowest BCUT2D eigenvalue weighted by atomic mass is 9.70. The van der Waals surface area contributed by atoms with Crippen molar-refractivity contribution in [2.24, 2.45) is 0 Å². The van der Waals surface area contributed by atoms with Crippen LogP contribution in [-0.4, -0.2) is 0 Å². The van der Waals surface area contributed by atoms with Crippen molar-refractivity contribution in [2.75, 3.05) is 0 Å². The van der Waals surface area contributed by atoms with Crippen LogP contribution in [0.1, 0.15) is 169 Å². The lowest BCUT2D eigenvalue weighted by molar-refractivity contribution is 0.436. The van der Waals surface area contributed by atoms with E-state index in [1.165, 1.54) is 117 Å². The first-order valence-electron chi connectivity index (χ1n) is 26.6. The van der Waals surface area contributed by atoms with Gasteiger partial charge in [0.25, 0.3) is 0 Å². The highest BCUT2D eigenvalue weighted by Gasteiger charge is 2.45. The second kappa shape index (κ2) is 18.6. The maximum Gasteiger partial charge on any atom is 0.0215 e. The molecule has 0 heterocycles. The van der Waals surface area contributed by atoms with Gasteiger partial charge in [-0.3, -0.25) is 0 Å². The highest BCUT2D eigenvalue weighted by molar-refractivity contribution is 5.91. The second-order valence-electron chi connectivity index (χ2n) is 20.9. The maximum atomic E-state index is 4.18. The first kappa shape index (κ1) is 46.5. The van der Waals surface area contributed by atoms with Gasteiger partial charge in [-0.2, -0.15) is 0 Å². The van der Waals surface area contributed by atoms with Crippen molar-refractivity contribution in [1.82, 2.24) is 0 Å². The van der Waals surface area contributed by atoms with Crippen molar-refractivity contribution >= 4 is 18.2 Å². The predicted molar refractivity (Wildman–Crippen MR) is 301 cm³/mol. The van der Waals surface area contributed by atoms with E-state index >= 15 is 0 Å². The molecule has 7 aromatic carbocycles. The molecule has 0 N–H and O–H groups in total. The molecule has 0 spiro atoms. The van der Waals surface area contributed by atoms with Crippen LogP contribution in [0.4, 0.5) is 0 Å². The van der Waals surface area contributed by atoms with Crippen molar-refractivity contribution in [1.29, 1.82) is 0 Å². The Bertz CT molecular complexity index is 2780. The van der Waals surface area contributed by atoms with Crippen LogP contribution in [0.3, 0.4) is 0 Å². The lowest BCUT2D eigenvalue weighted by Crippen LogP contribution is -2.25. The van der Waals surface area contributed by atoms with Crippen LogP contribution in [0.5, 0.6) is 0 Å². The molecule has 0 bridgehead atoms. The molecule has 3 aliphatic rings. The number of hydrogen-bond acceptors (Lipinski definition) is 0. The van der Waals surface area contributed by atoms with Gasteiger partial charge in [0.15, 0.2) is 0 Å². The van der Waals surface area contributed by atoms with Gasteiger partial charge in [-0.15, -0.1) is 0 Å². The van der Waals surface area contributed by atoms with E-state index in [9.17, 15) is 0 Å². The van der Waals surface area contributed by atoms with Gasteiger partial charge in [0.2, 0.25) is 0 Å². The summed E-state index contributed by atoms with van der Waals surface area (Å²) in [6, 6.07) is 51.0. The third kappa shape index (κ3) is 7.31. The fourth-order valence-electron chi connectivity index (χ4n) is 14.1. The van der Waals surface area contributed by atoms with Crippen molar-refractivity contribution in [3.63, 3.8) is 0 Å². The van der Waals surface area contributed by atoms with Gasteiger partial charge in [-0.25, -0.2) is 0 Å². The Morgan fingerprint density at radius 3 is 0.710 bits per heavy atom. The van der Waals surface area contributed by atoms with Crippen molar-refractivity contribution in [3.8, 4) is 66.8 Å². The van der Waals surface area contributed by atoms with Gasteiger partial charge < -0.3 is 0 Å². The first-order chi connectivity index (χ1) is 33.7. The molecule has 3 aliphatic carbocycles. The van der Waals surface area contributed by atoms with Crippen LogP contribution < -0.4 is 0 Å². The summed E-state index contributed by atoms with van der Waals surface area (Å²) in [6.07, 6.45) is 19.6. The molecule has 0 saturated carbocycles. The fourth-order valence-corrected chi connectivity index (χ4v) is 14.1. The Morgan fingerprint density at radius 1 is 0.275 bits per heavy atom. The van der Waals surface area contributed by atoms with E-state index < -0.39 is 0 Å². The zero-order chi connectivity index (χ0) is 48.1. The van der Waals surface area contributed by atoms with Crippen LogP contribution >= 0.6 is 0 Å². The van der Waals surface area contributed by atoms with Crippen molar-refractivity contribution in [3.05, 3.63) is 197 Å². The van der Waals surface area contributed by atoms with E-state index in [0.29, 0.717) is 0 Å². The van der Waals surface area contributed by atoms with Gasteiger partial charge >= 0.3 is 0 Å². The van der Waals surface area contributed by atoms with E-state index in [1.807, 2.05) is 18.2 Å². The highest BCUT2D eigenvalue weighted by atomic mass is 14.5. The summed E-state index contributed by atoms with van der Waals surface area (Å²) in [5, 5.41) is 0. The van der Waals surface area contributed by atoms with Gasteiger partial charge in [0.05, 0.1) is 0 Å². The SMILES string of the molecule is C=Cc1ccc2c(c1)C(CCC)(CCC)c1cc(-c3cc(-c4ccc5c(c4)C(CCC)(CCC)c4cc(C=C)ccc4-5)cc(-c4ccc5c(c4)C(CCC)(CCC)c4cc(C=C)ccc4-5)c3)ccc1-2. The minimum atomic E-state index is -0.0334. The number of rotatable bonds is 18. The molecule has 0 fully saturated rings. The molecule has 0 nitrogen and oxygen atoms in total. The molecule has 69 heavy (non-hydrogen) atoms. The highest BCUT2D eigenvalue weighted by Crippen LogP contribution is 2.58. The predicted octanol–water partition coefficient (Wildman–Crippen LogP) is 20.2. The molecular weight excluding hydrogens is 829 g/mol. The zero-order valence-electron chi connectivity index (χ0n) is 42.5. The molecule has 7 aromatic rings. The maximum absolute atomic E-state index is 4.18. The van der Waals surface area contributed by atoms with E-state index in [-0.39, 0.29) is 16.2 Å². The molecule has 0 heteroatoms. The van der Waals surface area contributed by atoms with Gasteiger partial charge in [0, 0.05) is 16.2 Å². The quantitative estimate of drug-likeness (QED) is 0.0805. The topological polar surface area (TPSA) is 0 Å². The number of fused-ring (bicyclic) bond motifs is 9. The lowest BCUT2D eigenvalue weighted by Gasteiger charge is -2.33. The largest absolute Gasteiger partial charge is 0.0985 e. The summed E-state index contributed by atoms with van der Waals surface area (Å²) in [6.45, 7) is 26.7. The third-order valence-corrected chi connectivity index (χ3v) is 16.9. The summed E-state index contributed by atoms with van der Waals surface area (Å²) >= 11 is 0. The molecule has 0 atom stereocenters. The van der Waals surface area contributed by atoms with E-state index in [2.05, 4.69) is 189 Å². The molecule has 348 valence electrons. The van der Waals surface area contributed by atoms with Crippen LogP contribution in [0.15, 0.2) is 147 Å². The standard InChI is InChI=1S/C69H72/c1-10-31-67(32-11-2)61-37-46(16-7)19-25-55(61)58-28-22-49(43-64(58)67)52-40-53(50-23-29-59-56-26-20-47(17-8)38-62(56)68(33-12-3,34-13-4)65(59)44-50)42-54(41-52)51-24-30-60-57-27-21-48(18-9)39-63(57)69(35-14-5,36-15-6)66(60)45-51/h16-30,37-45H,7-15,31-36H2,1-6H3. The summed E-state index contributed by atoms with van der Waals surface area (Å²) < 4.78 is 0. The second-order valence-corrected chi connectivity index (χ2v) is 20.9. The monoisotopic (exact) mass is 901 g/mol. The summed E-state index contributed by atoms with van der Waals surface area (Å²) in [5.74, 6) is 0. The molecule has 0 aromatic heterocycles. The van der Waals surface area contributed by atoms with Gasteiger partial charge in [-0.05, 0) is 192 Å². The number of benzene rings is 7. The average Bonchev–Trinajstić information content (AvgIpc) is 3.91. The Kier molecular flexibility index (Phi) is 12.5. The minimum Gasteiger partial charge on any atom is -0.0985 e. The molecule has 0 radical (unpaired) electrons. The van der Waals surface area contributed by atoms with E-state index in [4.69, 9.17) is 0 Å². The van der Waals surface area contributed by atoms with E-state index in [1.54, 1.807) is 0 Å². The Balaban J connectivity index is 1.20. The summed E-state index contributed by atoms with van der Waals surface area (Å²) in [7, 11) is 0. The fraction of sp³-hybridized carbons (Fsp3) is 0.304. The Hall–Kier alpha value is -6.24. The minimum absolute atomic E-state index is 0.0334. The first-order valence-corrected chi connectivity index (χ1v) is 26.6. The van der Waals surface area contributed by atoms with E-state index in [0.717, 1.165) is 77.0 Å². The molecule has 0 unspecified atom stereocenters. The van der Waals surface area contributed by atoms with Gasteiger partial charge in [0.1, 0.15) is 0 Å².